The topological polar surface area (TPSA) is 59.0 Å². The van der Waals surface area contributed by atoms with E-state index in [1.165, 1.54) is 28.2 Å². The third-order valence-electron chi connectivity index (χ3n) is 4.83. The average Bonchev–Trinajstić information content (AvgIpc) is 3.36. The summed E-state index contributed by atoms with van der Waals surface area (Å²) in [6, 6.07) is 15.9. The van der Waals surface area contributed by atoms with E-state index in [9.17, 15) is 4.79 Å². The molecule has 0 saturated carbocycles. The maximum absolute atomic E-state index is 13.6. The Hall–Kier alpha value is -3.16. The van der Waals surface area contributed by atoms with Crippen molar-refractivity contribution >= 4 is 54.1 Å². The number of nitrogens with zero attached hydrogens (tertiary/aromatic N) is 4. The predicted octanol–water partition coefficient (Wildman–Crippen LogP) is 5.76. The fraction of sp³-hybridized carbons (Fsp3) is 0.130. The zero-order valence-corrected chi connectivity index (χ0v) is 18.1. The van der Waals surface area contributed by atoms with Crippen LogP contribution in [0.15, 0.2) is 60.9 Å². The molecular formula is C23H18N4OS2. The smallest absolute Gasteiger partial charge is 0.277 e. The van der Waals surface area contributed by atoms with Crippen LogP contribution in [0.3, 0.4) is 0 Å². The molecular weight excluding hydrogens is 412 g/mol. The Balaban J connectivity index is 1.61. The van der Waals surface area contributed by atoms with Gasteiger partial charge in [-0.05, 0) is 54.8 Å². The van der Waals surface area contributed by atoms with Crippen LogP contribution >= 0.6 is 22.7 Å². The van der Waals surface area contributed by atoms with Crippen molar-refractivity contribution in [3.05, 3.63) is 82.6 Å². The molecule has 0 radical (unpaired) electrons. The van der Waals surface area contributed by atoms with Gasteiger partial charge in [-0.25, -0.2) is 9.97 Å². The summed E-state index contributed by atoms with van der Waals surface area (Å²) in [7, 11) is 0. The Kier molecular flexibility index (Phi) is 4.77. The second-order valence-corrected chi connectivity index (χ2v) is 9.20. The van der Waals surface area contributed by atoms with Gasteiger partial charge in [0.05, 0.1) is 27.0 Å². The number of thiazole rings is 2. The minimum atomic E-state index is -0.145. The summed E-state index contributed by atoms with van der Waals surface area (Å²) >= 11 is 2.94. The molecule has 148 valence electrons. The molecule has 0 N–H and O–H groups in total. The quantitative estimate of drug-likeness (QED) is 0.363. The minimum absolute atomic E-state index is 0.145. The van der Waals surface area contributed by atoms with Crippen LogP contribution in [0.25, 0.3) is 20.4 Å². The van der Waals surface area contributed by atoms with Crippen molar-refractivity contribution in [1.82, 2.24) is 15.0 Å². The van der Waals surface area contributed by atoms with Gasteiger partial charge in [-0.15, -0.1) is 11.3 Å². The Bertz CT molecular complexity index is 1340. The van der Waals surface area contributed by atoms with Gasteiger partial charge in [-0.3, -0.25) is 14.7 Å². The van der Waals surface area contributed by atoms with E-state index in [0.717, 1.165) is 31.6 Å². The number of benzene rings is 2. The van der Waals surface area contributed by atoms with Crippen LogP contribution in [0.5, 0.6) is 0 Å². The first-order valence-electron chi connectivity index (χ1n) is 9.52. The maximum Gasteiger partial charge on any atom is 0.289 e. The summed E-state index contributed by atoms with van der Waals surface area (Å²) in [4.78, 5) is 28.9. The highest BCUT2D eigenvalue weighted by Crippen LogP contribution is 2.34. The Labute approximate surface area is 181 Å². The number of amides is 1. The third-order valence-corrected chi connectivity index (χ3v) is 6.88. The fourth-order valence-corrected chi connectivity index (χ4v) is 5.51. The summed E-state index contributed by atoms with van der Waals surface area (Å²) < 4.78 is 2.08. The standard InChI is InChI=1S/C23H18N4OS2/c1-14-10-15(2)20-19(11-14)30-23(26-20)27(13-16-6-5-9-24-12-16)22(28)21-25-17-7-3-4-8-18(17)29-21/h3-12H,13H2,1-2H3. The normalized spacial score (nSPS) is 11.3. The van der Waals surface area contributed by atoms with E-state index in [1.807, 2.05) is 36.4 Å². The van der Waals surface area contributed by atoms with Gasteiger partial charge in [0.15, 0.2) is 10.1 Å². The summed E-state index contributed by atoms with van der Waals surface area (Å²) in [5.74, 6) is -0.145. The highest BCUT2D eigenvalue weighted by atomic mass is 32.1. The number of aromatic nitrogens is 3. The van der Waals surface area contributed by atoms with Crippen molar-refractivity contribution in [2.24, 2.45) is 0 Å². The van der Waals surface area contributed by atoms with E-state index in [0.29, 0.717) is 16.7 Å². The monoisotopic (exact) mass is 430 g/mol. The molecule has 5 aromatic rings. The van der Waals surface area contributed by atoms with Crippen LogP contribution < -0.4 is 4.90 Å². The molecule has 2 aromatic carbocycles. The number of carbonyl (C=O) groups excluding carboxylic acids is 1. The van der Waals surface area contributed by atoms with Gasteiger partial charge in [-0.1, -0.05) is 35.6 Å². The van der Waals surface area contributed by atoms with Crippen LogP contribution in [0, 0.1) is 13.8 Å². The lowest BCUT2D eigenvalue weighted by atomic mass is 10.1. The van der Waals surface area contributed by atoms with Crippen LogP contribution in [-0.2, 0) is 6.54 Å². The largest absolute Gasteiger partial charge is 0.289 e. The molecule has 0 fully saturated rings. The van der Waals surface area contributed by atoms with Gasteiger partial charge in [-0.2, -0.15) is 0 Å². The molecule has 3 aromatic heterocycles. The zero-order chi connectivity index (χ0) is 20.7. The number of para-hydroxylation sites is 1. The van der Waals surface area contributed by atoms with E-state index in [-0.39, 0.29) is 5.91 Å². The highest BCUT2D eigenvalue weighted by Gasteiger charge is 2.25. The SMILES string of the molecule is Cc1cc(C)c2nc(N(Cc3cccnc3)C(=O)c3nc4ccccc4s3)sc2c1. The van der Waals surface area contributed by atoms with Crippen molar-refractivity contribution in [3.8, 4) is 0 Å². The third kappa shape index (κ3) is 3.46. The summed E-state index contributed by atoms with van der Waals surface area (Å²) in [6.07, 6.45) is 3.51. The molecule has 30 heavy (non-hydrogen) atoms. The van der Waals surface area contributed by atoms with E-state index in [4.69, 9.17) is 4.98 Å². The molecule has 3 heterocycles. The first kappa shape index (κ1) is 18.8. The molecule has 0 saturated heterocycles. The first-order valence-corrected chi connectivity index (χ1v) is 11.2. The van der Waals surface area contributed by atoms with Crippen molar-refractivity contribution in [2.75, 3.05) is 4.90 Å². The predicted molar refractivity (Wildman–Crippen MR) is 123 cm³/mol. The molecule has 0 aliphatic carbocycles. The molecule has 0 spiro atoms. The number of hydrogen-bond donors (Lipinski definition) is 0. The molecule has 0 aliphatic rings. The van der Waals surface area contributed by atoms with E-state index in [2.05, 4.69) is 35.9 Å². The van der Waals surface area contributed by atoms with Gasteiger partial charge in [0, 0.05) is 12.4 Å². The molecule has 1 amide bonds. The van der Waals surface area contributed by atoms with Crippen molar-refractivity contribution in [1.29, 1.82) is 0 Å². The number of pyridine rings is 1. The second kappa shape index (κ2) is 7.59. The Morgan fingerprint density at radius 1 is 1.00 bits per heavy atom. The van der Waals surface area contributed by atoms with Gasteiger partial charge >= 0.3 is 0 Å². The van der Waals surface area contributed by atoms with Gasteiger partial charge in [0.1, 0.15) is 0 Å². The molecule has 0 aliphatic heterocycles. The molecule has 0 unspecified atom stereocenters. The van der Waals surface area contributed by atoms with Gasteiger partial charge in [0.2, 0.25) is 0 Å². The molecule has 5 nitrogen and oxygen atoms in total. The molecule has 5 rings (SSSR count). The lowest BCUT2D eigenvalue weighted by Gasteiger charge is -2.18. The zero-order valence-electron chi connectivity index (χ0n) is 16.5. The molecule has 0 bridgehead atoms. The number of anilines is 1. The number of fused-ring (bicyclic) bond motifs is 2. The summed E-state index contributed by atoms with van der Waals surface area (Å²) in [6.45, 7) is 4.52. The van der Waals surface area contributed by atoms with E-state index < -0.39 is 0 Å². The summed E-state index contributed by atoms with van der Waals surface area (Å²) in [5, 5.41) is 1.14. The maximum atomic E-state index is 13.6. The minimum Gasteiger partial charge on any atom is -0.277 e. The number of rotatable bonds is 4. The molecule has 7 heteroatoms. The number of carbonyl (C=O) groups is 1. The lowest BCUT2D eigenvalue weighted by molar-refractivity contribution is 0.0985. The summed E-state index contributed by atoms with van der Waals surface area (Å²) in [5.41, 5.74) is 5.02. The first-order chi connectivity index (χ1) is 14.6. The second-order valence-electron chi connectivity index (χ2n) is 7.16. The number of hydrogen-bond acceptors (Lipinski definition) is 6. The van der Waals surface area contributed by atoms with Crippen molar-refractivity contribution in [2.45, 2.75) is 20.4 Å². The van der Waals surface area contributed by atoms with Gasteiger partial charge < -0.3 is 0 Å². The Morgan fingerprint density at radius 3 is 2.67 bits per heavy atom. The van der Waals surface area contributed by atoms with Crippen LogP contribution in [-0.4, -0.2) is 20.9 Å². The molecule has 0 atom stereocenters. The van der Waals surface area contributed by atoms with E-state index >= 15 is 0 Å². The lowest BCUT2D eigenvalue weighted by Crippen LogP contribution is -2.30. The number of aryl methyl sites for hydroxylation is 2. The fourth-order valence-electron chi connectivity index (χ4n) is 3.45. The van der Waals surface area contributed by atoms with E-state index in [1.54, 1.807) is 17.3 Å². The highest BCUT2D eigenvalue weighted by molar-refractivity contribution is 7.23. The van der Waals surface area contributed by atoms with Crippen LogP contribution in [0.1, 0.15) is 26.5 Å². The Morgan fingerprint density at radius 2 is 1.87 bits per heavy atom. The van der Waals surface area contributed by atoms with Crippen LogP contribution in [0.2, 0.25) is 0 Å². The van der Waals surface area contributed by atoms with Crippen molar-refractivity contribution < 1.29 is 4.79 Å². The van der Waals surface area contributed by atoms with Crippen molar-refractivity contribution in [3.63, 3.8) is 0 Å². The van der Waals surface area contributed by atoms with Crippen LogP contribution in [0.4, 0.5) is 5.13 Å². The average molecular weight is 431 g/mol. The van der Waals surface area contributed by atoms with Gasteiger partial charge in [0.25, 0.3) is 5.91 Å².